The molecule has 0 heterocycles. The van der Waals surface area contributed by atoms with E-state index in [2.05, 4.69) is 24.3 Å². The lowest BCUT2D eigenvalue weighted by Crippen LogP contribution is -1.96. The molecule has 0 spiro atoms. The molecule has 0 aliphatic carbocycles. The largest absolute Gasteiger partial charge is 0.205 e. The Morgan fingerprint density at radius 1 is 0.643 bits per heavy atom. The molecule has 0 fully saturated rings. The molecule has 0 aliphatic heterocycles. The summed E-state index contributed by atoms with van der Waals surface area (Å²) in [6.45, 7) is 0. The van der Waals surface area contributed by atoms with Crippen molar-refractivity contribution in [1.82, 2.24) is 0 Å². The van der Waals surface area contributed by atoms with Crippen molar-refractivity contribution in [3.63, 3.8) is 0 Å². The highest BCUT2D eigenvalue weighted by Crippen LogP contribution is 2.21. The minimum Gasteiger partial charge on any atom is -0.205 e. The zero-order valence-electron chi connectivity index (χ0n) is 7.76. The van der Waals surface area contributed by atoms with Gasteiger partial charge in [0.25, 0.3) is 0 Å². The van der Waals surface area contributed by atoms with Crippen LogP contribution in [0.25, 0.3) is 0 Å². The topological polar surface area (TPSA) is 0 Å². The molecular formula is C13H11S. The van der Waals surface area contributed by atoms with Crippen LogP contribution in [0.1, 0.15) is 0 Å². The summed E-state index contributed by atoms with van der Waals surface area (Å²) in [5.41, 5.74) is 0. The lowest BCUT2D eigenvalue weighted by molar-refractivity contribution is 1.39. The Labute approximate surface area is 87.9 Å². The third-order valence-corrected chi connectivity index (χ3v) is 3.55. The van der Waals surface area contributed by atoms with Gasteiger partial charge in [-0.2, -0.15) is 0 Å². The predicted molar refractivity (Wildman–Crippen MR) is 61.1 cm³/mol. The van der Waals surface area contributed by atoms with Crippen molar-refractivity contribution in [3.05, 3.63) is 66.9 Å². The van der Waals surface area contributed by atoms with Crippen molar-refractivity contribution in [1.29, 1.82) is 0 Å². The van der Waals surface area contributed by atoms with Crippen molar-refractivity contribution >= 4 is 10.9 Å². The summed E-state index contributed by atoms with van der Waals surface area (Å²) < 4.78 is 0. The molecule has 0 nitrogen and oxygen atoms in total. The second-order valence-electron chi connectivity index (χ2n) is 2.96. The third kappa shape index (κ3) is 1.99. The second kappa shape index (κ2) is 4.34. The first-order valence-electron chi connectivity index (χ1n) is 4.47. The molecule has 1 heteroatoms. The molecule has 0 aliphatic rings. The molecule has 69 valence electrons. The third-order valence-electron chi connectivity index (χ3n) is 1.99. The zero-order chi connectivity index (χ0) is 9.80. The van der Waals surface area contributed by atoms with Gasteiger partial charge in [0.05, 0.1) is 0 Å². The molecule has 2 aromatic rings. The van der Waals surface area contributed by atoms with E-state index in [-0.39, 0.29) is 10.9 Å². The van der Waals surface area contributed by atoms with Crippen LogP contribution in [0.15, 0.2) is 70.5 Å². The zero-order valence-corrected chi connectivity index (χ0v) is 8.58. The fraction of sp³-hybridized carbons (Fsp3) is 0. The monoisotopic (exact) mass is 199 g/mol. The van der Waals surface area contributed by atoms with Gasteiger partial charge in [-0.3, -0.25) is 0 Å². The van der Waals surface area contributed by atoms with E-state index < -0.39 is 0 Å². The molecule has 0 atom stereocenters. The first-order chi connectivity index (χ1) is 6.88. The van der Waals surface area contributed by atoms with Crippen LogP contribution in [-0.2, 0) is 10.9 Å². The summed E-state index contributed by atoms with van der Waals surface area (Å²) in [5.74, 6) is 0. The van der Waals surface area contributed by atoms with E-state index in [4.69, 9.17) is 6.26 Å². The van der Waals surface area contributed by atoms with Gasteiger partial charge in [-0.15, -0.1) is 10.9 Å². The Hall–Kier alpha value is -1.21. The highest BCUT2D eigenvalue weighted by molar-refractivity contribution is 7.98. The Balaban J connectivity index is 2.30. The lowest BCUT2D eigenvalue weighted by atomic mass is 10.4. The standard InChI is InChI=1S/C13H11S/c1-14(12-8-4-2-5-9-12)13-10-6-3-7-11-13/h1-11H. The average molecular weight is 199 g/mol. The molecule has 0 unspecified atom stereocenters. The summed E-state index contributed by atoms with van der Waals surface area (Å²) >= 11 is 0. The van der Waals surface area contributed by atoms with Crippen LogP contribution in [-0.4, -0.2) is 0 Å². The van der Waals surface area contributed by atoms with E-state index in [0.717, 1.165) is 0 Å². The maximum absolute atomic E-state index is 6.14. The van der Waals surface area contributed by atoms with Crippen LogP contribution in [0.4, 0.5) is 0 Å². The van der Waals surface area contributed by atoms with E-state index in [9.17, 15) is 0 Å². The molecule has 2 aromatic carbocycles. The van der Waals surface area contributed by atoms with Crippen molar-refractivity contribution in [2.45, 2.75) is 9.79 Å². The normalized spacial score (nSPS) is 10.4. The van der Waals surface area contributed by atoms with Gasteiger partial charge >= 0.3 is 0 Å². The lowest BCUT2D eigenvalue weighted by Gasteiger charge is -2.09. The molecule has 0 bridgehead atoms. The van der Waals surface area contributed by atoms with Crippen molar-refractivity contribution < 1.29 is 0 Å². The Bertz CT molecular complexity index is 341. The molecule has 0 saturated carbocycles. The minimum atomic E-state index is -0.297. The van der Waals surface area contributed by atoms with Crippen LogP contribution < -0.4 is 0 Å². The summed E-state index contributed by atoms with van der Waals surface area (Å²) in [6.07, 6.45) is 6.14. The molecule has 2 rings (SSSR count). The molecule has 14 heavy (non-hydrogen) atoms. The van der Waals surface area contributed by atoms with E-state index in [1.165, 1.54) is 9.79 Å². The Kier molecular flexibility index (Phi) is 2.90. The smallest absolute Gasteiger partial charge is 0.127 e. The molecular weight excluding hydrogens is 188 g/mol. The van der Waals surface area contributed by atoms with Gasteiger partial charge in [0.2, 0.25) is 0 Å². The number of benzene rings is 2. The van der Waals surface area contributed by atoms with Gasteiger partial charge < -0.3 is 0 Å². The summed E-state index contributed by atoms with van der Waals surface area (Å²) in [5, 5.41) is 0. The molecule has 0 saturated heterocycles. The van der Waals surface area contributed by atoms with Crippen molar-refractivity contribution in [3.8, 4) is 0 Å². The van der Waals surface area contributed by atoms with Crippen LogP contribution in [0.5, 0.6) is 0 Å². The van der Waals surface area contributed by atoms with Crippen LogP contribution in [0, 0.1) is 6.26 Å². The fourth-order valence-corrected chi connectivity index (χ4v) is 2.44. The van der Waals surface area contributed by atoms with Gasteiger partial charge in [0, 0.05) is 0 Å². The summed E-state index contributed by atoms with van der Waals surface area (Å²) in [4.78, 5) is 2.36. The van der Waals surface area contributed by atoms with Gasteiger partial charge in [0.1, 0.15) is 9.79 Å². The van der Waals surface area contributed by atoms with Crippen LogP contribution >= 0.6 is 0 Å². The van der Waals surface area contributed by atoms with Crippen LogP contribution in [0.3, 0.4) is 0 Å². The van der Waals surface area contributed by atoms with Gasteiger partial charge in [0.15, 0.2) is 0 Å². The maximum Gasteiger partial charge on any atom is 0.127 e. The fourth-order valence-electron chi connectivity index (χ4n) is 1.27. The Morgan fingerprint density at radius 2 is 1.00 bits per heavy atom. The first kappa shape index (κ1) is 9.35. The Morgan fingerprint density at radius 3 is 1.36 bits per heavy atom. The molecule has 1 radical (unpaired) electrons. The predicted octanol–water partition coefficient (Wildman–Crippen LogP) is 3.39. The van der Waals surface area contributed by atoms with Crippen LogP contribution in [0.2, 0.25) is 0 Å². The van der Waals surface area contributed by atoms with Gasteiger partial charge in [-0.25, -0.2) is 6.26 Å². The summed E-state index contributed by atoms with van der Waals surface area (Å²) in [7, 11) is -0.297. The second-order valence-corrected chi connectivity index (χ2v) is 4.58. The quantitative estimate of drug-likeness (QED) is 0.513. The van der Waals surface area contributed by atoms with E-state index in [0.29, 0.717) is 0 Å². The van der Waals surface area contributed by atoms with E-state index in [1.54, 1.807) is 0 Å². The molecule has 0 N–H and O–H groups in total. The minimum absolute atomic E-state index is 0.297. The van der Waals surface area contributed by atoms with Gasteiger partial charge in [-0.05, 0) is 24.3 Å². The molecule has 0 aromatic heterocycles. The van der Waals surface area contributed by atoms with Crippen molar-refractivity contribution in [2.75, 3.05) is 0 Å². The number of hydrogen-bond donors (Lipinski definition) is 0. The van der Waals surface area contributed by atoms with Gasteiger partial charge in [-0.1, -0.05) is 36.4 Å². The molecule has 0 amide bonds. The highest BCUT2D eigenvalue weighted by Gasteiger charge is 2.08. The van der Waals surface area contributed by atoms with E-state index >= 15 is 0 Å². The number of hydrogen-bond acceptors (Lipinski definition) is 0. The average Bonchev–Trinajstić information content (AvgIpc) is 2.30. The SMILES string of the molecule is [CH-][S+](c1ccccc1)c1ccccc1. The summed E-state index contributed by atoms with van der Waals surface area (Å²) in [6, 6.07) is 20.3. The maximum atomic E-state index is 6.14. The van der Waals surface area contributed by atoms with E-state index in [1.807, 2.05) is 36.4 Å². The highest BCUT2D eigenvalue weighted by atomic mass is 32.2. The number of rotatable bonds is 2. The first-order valence-corrected chi connectivity index (χ1v) is 5.75. The van der Waals surface area contributed by atoms with Crippen molar-refractivity contribution in [2.24, 2.45) is 0 Å².